The Morgan fingerprint density at radius 3 is 2.55 bits per heavy atom. The van der Waals surface area contributed by atoms with Crippen LogP contribution >= 0.6 is 0 Å². The van der Waals surface area contributed by atoms with Gasteiger partial charge in [0.25, 0.3) is 0 Å². The highest BCUT2D eigenvalue weighted by atomic mass is 19.1. The van der Waals surface area contributed by atoms with Crippen LogP contribution in [0.1, 0.15) is 10.4 Å². The van der Waals surface area contributed by atoms with Gasteiger partial charge in [-0.05, 0) is 30.3 Å². The van der Waals surface area contributed by atoms with Crippen molar-refractivity contribution in [2.45, 2.75) is 0 Å². The Morgan fingerprint density at radius 2 is 1.95 bits per heavy atom. The number of aromatic carboxylic acids is 1. The summed E-state index contributed by atoms with van der Waals surface area (Å²) in [5.74, 6) is -2.44. The highest BCUT2D eigenvalue weighted by molar-refractivity contribution is 5.95. The average molecular weight is 279 g/mol. The summed E-state index contributed by atoms with van der Waals surface area (Å²) in [7, 11) is 1.34. The quantitative estimate of drug-likeness (QED) is 0.900. The summed E-state index contributed by atoms with van der Waals surface area (Å²) in [6, 6.07) is 7.38. The normalized spacial score (nSPS) is 10.2. The van der Waals surface area contributed by atoms with E-state index in [-0.39, 0.29) is 17.0 Å². The first-order valence-corrected chi connectivity index (χ1v) is 5.64. The first-order valence-electron chi connectivity index (χ1n) is 5.64. The molecule has 0 bridgehead atoms. The van der Waals surface area contributed by atoms with Gasteiger partial charge in [0, 0.05) is 11.8 Å². The number of halogens is 2. The number of carbonyl (C=O) groups is 1. The van der Waals surface area contributed by atoms with E-state index in [1.807, 2.05) is 0 Å². The van der Waals surface area contributed by atoms with Crippen molar-refractivity contribution in [2.75, 3.05) is 12.4 Å². The number of methoxy groups -OCH3 is 1. The van der Waals surface area contributed by atoms with Crippen molar-refractivity contribution in [3.8, 4) is 5.75 Å². The predicted octanol–water partition coefficient (Wildman–Crippen LogP) is 3.42. The highest BCUT2D eigenvalue weighted by Gasteiger charge is 2.12. The van der Waals surface area contributed by atoms with Gasteiger partial charge in [-0.1, -0.05) is 0 Å². The molecule has 2 rings (SSSR count). The van der Waals surface area contributed by atoms with Gasteiger partial charge in [0.15, 0.2) is 11.6 Å². The summed E-state index contributed by atoms with van der Waals surface area (Å²) in [5, 5.41) is 11.7. The Morgan fingerprint density at radius 1 is 1.20 bits per heavy atom. The van der Waals surface area contributed by atoms with Crippen LogP contribution < -0.4 is 10.1 Å². The minimum Gasteiger partial charge on any atom is -0.494 e. The van der Waals surface area contributed by atoms with E-state index in [4.69, 9.17) is 9.84 Å². The van der Waals surface area contributed by atoms with Crippen LogP contribution in [0.25, 0.3) is 0 Å². The predicted molar refractivity (Wildman–Crippen MR) is 69.6 cm³/mol. The Hall–Kier alpha value is -2.63. The third kappa shape index (κ3) is 2.85. The van der Waals surface area contributed by atoms with E-state index >= 15 is 0 Å². The van der Waals surface area contributed by atoms with Crippen LogP contribution in [-0.2, 0) is 0 Å². The van der Waals surface area contributed by atoms with Crippen molar-refractivity contribution in [2.24, 2.45) is 0 Å². The molecule has 2 aromatic carbocycles. The molecule has 2 N–H and O–H groups in total. The Balaban J connectivity index is 2.35. The lowest BCUT2D eigenvalue weighted by Gasteiger charge is -2.11. The Kier molecular flexibility index (Phi) is 3.84. The van der Waals surface area contributed by atoms with Gasteiger partial charge in [0.1, 0.15) is 5.82 Å². The molecule has 20 heavy (non-hydrogen) atoms. The summed E-state index contributed by atoms with van der Waals surface area (Å²) in [6.45, 7) is 0. The van der Waals surface area contributed by atoms with Crippen LogP contribution in [0.4, 0.5) is 20.2 Å². The minimum atomic E-state index is -1.28. The number of hydrogen-bond acceptors (Lipinski definition) is 3. The van der Waals surface area contributed by atoms with Gasteiger partial charge < -0.3 is 15.2 Å². The molecule has 0 heterocycles. The SMILES string of the molecule is COc1ccc(Nc2ccc(F)cc2C(=O)O)cc1F. The van der Waals surface area contributed by atoms with E-state index < -0.39 is 17.6 Å². The van der Waals surface area contributed by atoms with E-state index in [0.29, 0.717) is 5.69 Å². The second-order valence-corrected chi connectivity index (χ2v) is 3.97. The number of carboxylic acids is 1. The Bertz CT molecular complexity index is 659. The topological polar surface area (TPSA) is 58.6 Å². The fourth-order valence-corrected chi connectivity index (χ4v) is 1.70. The lowest BCUT2D eigenvalue weighted by Crippen LogP contribution is -2.03. The van der Waals surface area contributed by atoms with Gasteiger partial charge in [-0.25, -0.2) is 13.6 Å². The molecule has 104 valence electrons. The lowest BCUT2D eigenvalue weighted by molar-refractivity contribution is 0.0697. The van der Waals surface area contributed by atoms with Crippen molar-refractivity contribution in [3.63, 3.8) is 0 Å². The fraction of sp³-hybridized carbons (Fsp3) is 0.0714. The summed E-state index contributed by atoms with van der Waals surface area (Å²) in [5.41, 5.74) is 0.266. The number of nitrogens with one attached hydrogen (secondary N) is 1. The molecule has 0 aliphatic carbocycles. The molecule has 6 heteroatoms. The summed E-state index contributed by atoms with van der Waals surface area (Å²) in [6.07, 6.45) is 0. The molecule has 0 unspecified atom stereocenters. The maximum absolute atomic E-state index is 13.5. The van der Waals surface area contributed by atoms with Crippen molar-refractivity contribution in [3.05, 3.63) is 53.6 Å². The van der Waals surface area contributed by atoms with Crippen LogP contribution in [0, 0.1) is 11.6 Å². The third-order valence-corrected chi connectivity index (χ3v) is 2.64. The molecule has 0 aliphatic heterocycles. The molecule has 0 aromatic heterocycles. The number of rotatable bonds is 4. The third-order valence-electron chi connectivity index (χ3n) is 2.64. The average Bonchev–Trinajstić information content (AvgIpc) is 2.41. The molecule has 0 radical (unpaired) electrons. The molecule has 0 amide bonds. The summed E-state index contributed by atoms with van der Waals surface area (Å²) >= 11 is 0. The molecule has 4 nitrogen and oxygen atoms in total. The van der Waals surface area contributed by atoms with Gasteiger partial charge in [0.2, 0.25) is 0 Å². The van der Waals surface area contributed by atoms with E-state index in [1.54, 1.807) is 0 Å². The molecular formula is C14H11F2NO3. The smallest absolute Gasteiger partial charge is 0.337 e. The molecule has 0 saturated heterocycles. The number of carboxylic acid groups (broad SMARTS) is 1. The zero-order chi connectivity index (χ0) is 14.7. The maximum atomic E-state index is 13.5. The number of benzene rings is 2. The van der Waals surface area contributed by atoms with Crippen LogP contribution in [0.15, 0.2) is 36.4 Å². The van der Waals surface area contributed by atoms with Crippen LogP contribution in [-0.4, -0.2) is 18.2 Å². The zero-order valence-electron chi connectivity index (χ0n) is 10.5. The second-order valence-electron chi connectivity index (χ2n) is 3.97. The van der Waals surface area contributed by atoms with Crippen LogP contribution in [0.2, 0.25) is 0 Å². The first kappa shape index (κ1) is 13.8. The van der Waals surface area contributed by atoms with E-state index in [2.05, 4.69) is 5.32 Å². The van der Waals surface area contributed by atoms with Crippen molar-refractivity contribution in [1.82, 2.24) is 0 Å². The fourth-order valence-electron chi connectivity index (χ4n) is 1.70. The van der Waals surface area contributed by atoms with Crippen molar-refractivity contribution < 1.29 is 23.4 Å². The number of anilines is 2. The van der Waals surface area contributed by atoms with Crippen LogP contribution in [0.5, 0.6) is 5.75 Å². The largest absolute Gasteiger partial charge is 0.494 e. The van der Waals surface area contributed by atoms with Gasteiger partial charge in [-0.15, -0.1) is 0 Å². The molecule has 0 aliphatic rings. The van der Waals surface area contributed by atoms with Crippen molar-refractivity contribution >= 4 is 17.3 Å². The summed E-state index contributed by atoms with van der Waals surface area (Å²) in [4.78, 5) is 11.0. The first-order chi connectivity index (χ1) is 9.51. The highest BCUT2D eigenvalue weighted by Crippen LogP contribution is 2.25. The minimum absolute atomic E-state index is 0.0770. The van der Waals surface area contributed by atoms with E-state index in [1.165, 1.54) is 25.3 Å². The Labute approximate surface area is 113 Å². The molecule has 2 aromatic rings. The van der Waals surface area contributed by atoms with Gasteiger partial charge in [-0.2, -0.15) is 0 Å². The standard InChI is InChI=1S/C14H11F2NO3/c1-20-13-5-3-9(7-11(13)16)17-12-4-2-8(15)6-10(12)14(18)19/h2-7,17H,1H3,(H,18,19). The zero-order valence-corrected chi connectivity index (χ0v) is 10.5. The number of ether oxygens (including phenoxy) is 1. The number of hydrogen-bond donors (Lipinski definition) is 2. The van der Waals surface area contributed by atoms with Gasteiger partial charge in [0.05, 0.1) is 18.4 Å². The summed E-state index contributed by atoms with van der Waals surface area (Å²) < 4.78 is 31.4. The second kappa shape index (κ2) is 5.56. The monoisotopic (exact) mass is 279 g/mol. The molecular weight excluding hydrogens is 268 g/mol. The molecule has 0 spiro atoms. The molecule has 0 atom stereocenters. The molecule has 0 saturated carbocycles. The van der Waals surface area contributed by atoms with Crippen molar-refractivity contribution in [1.29, 1.82) is 0 Å². The van der Waals surface area contributed by atoms with E-state index in [0.717, 1.165) is 18.2 Å². The van der Waals surface area contributed by atoms with E-state index in [9.17, 15) is 13.6 Å². The van der Waals surface area contributed by atoms with Crippen LogP contribution in [0.3, 0.4) is 0 Å². The van der Waals surface area contributed by atoms with Gasteiger partial charge in [-0.3, -0.25) is 0 Å². The maximum Gasteiger partial charge on any atom is 0.337 e. The molecule has 0 fully saturated rings. The van der Waals surface area contributed by atoms with Gasteiger partial charge >= 0.3 is 5.97 Å². The lowest BCUT2D eigenvalue weighted by atomic mass is 10.1.